The summed E-state index contributed by atoms with van der Waals surface area (Å²) in [6.45, 7) is -0.0797. The van der Waals surface area contributed by atoms with Crippen LogP contribution < -0.4 is 19.1 Å². The van der Waals surface area contributed by atoms with Crippen molar-refractivity contribution in [1.29, 1.82) is 0 Å². The summed E-state index contributed by atoms with van der Waals surface area (Å²) in [5.41, 5.74) is 2.88. The van der Waals surface area contributed by atoms with E-state index in [0.717, 1.165) is 6.07 Å². The molecule has 128 valence electrons. The molecule has 24 heavy (non-hydrogen) atoms. The first-order valence-electron chi connectivity index (χ1n) is 6.10. The largest absolute Gasteiger partial charge is 0.543 e. The Bertz CT molecular complexity index is 824. The molecule has 0 spiro atoms. The maximum atomic E-state index is 14.6. The average Bonchev–Trinajstić information content (AvgIpc) is 2.53. The van der Waals surface area contributed by atoms with Gasteiger partial charge in [0.15, 0.2) is 17.4 Å². The van der Waals surface area contributed by atoms with Gasteiger partial charge in [0.2, 0.25) is 0 Å². The third-order valence-electron chi connectivity index (χ3n) is 2.88. The predicted octanol–water partition coefficient (Wildman–Crippen LogP) is 2.56. The zero-order valence-electron chi connectivity index (χ0n) is 11.5. The van der Waals surface area contributed by atoms with Crippen LogP contribution in [0.15, 0.2) is 12.1 Å². The maximum Gasteiger partial charge on any atom is 0.176 e. The fourth-order valence-corrected chi connectivity index (χ4v) is 2.38. The molecule has 1 aromatic heterocycles. The summed E-state index contributed by atoms with van der Waals surface area (Å²) in [7, 11) is 0. The molecular weight excluding hydrogens is 482 g/mol. The highest BCUT2D eigenvalue weighted by Crippen LogP contribution is 2.38. The summed E-state index contributed by atoms with van der Waals surface area (Å²) in [5.74, 6) is -4.35. The first-order chi connectivity index (χ1) is 11.3. The molecule has 1 heterocycles. The summed E-state index contributed by atoms with van der Waals surface area (Å²) >= 11 is 13.2. The minimum absolute atomic E-state index is 0.0645. The molecular formula is C13H7Cl2F2IN3O3-. The highest BCUT2D eigenvalue weighted by atomic mass is 127. The summed E-state index contributed by atoms with van der Waals surface area (Å²) in [6, 6.07) is 2.35. The van der Waals surface area contributed by atoms with E-state index in [2.05, 4.69) is 8.51 Å². The van der Waals surface area contributed by atoms with Gasteiger partial charge >= 0.3 is 0 Å². The Labute approximate surface area is 158 Å². The van der Waals surface area contributed by atoms with E-state index in [0.29, 0.717) is 0 Å². The third-order valence-corrected chi connectivity index (χ3v) is 3.87. The Balaban J connectivity index is 2.71. The van der Waals surface area contributed by atoms with Crippen LogP contribution in [-0.4, -0.2) is 17.7 Å². The number of carbonyl (C=O) groups excluding carboxylic acids is 1. The fourth-order valence-electron chi connectivity index (χ4n) is 1.82. The van der Waals surface area contributed by atoms with E-state index in [9.17, 15) is 18.7 Å². The van der Waals surface area contributed by atoms with Crippen LogP contribution in [0.25, 0.3) is 11.3 Å². The number of carboxylic acid groups (broad SMARTS) is 1. The Kier molecular flexibility index (Phi) is 6.01. The van der Waals surface area contributed by atoms with Gasteiger partial charge in [0.25, 0.3) is 0 Å². The highest BCUT2D eigenvalue weighted by Gasteiger charge is 2.23. The lowest BCUT2D eigenvalue weighted by Crippen LogP contribution is -2.25. The number of hydrogen-bond donors (Lipinski definition) is 2. The van der Waals surface area contributed by atoms with Crippen LogP contribution in [0, 0.1) is 11.6 Å². The lowest BCUT2D eigenvalue weighted by atomic mass is 10.1. The summed E-state index contributed by atoms with van der Waals surface area (Å²) in [6.07, 6.45) is 0. The predicted molar refractivity (Wildman–Crippen MR) is 91.0 cm³/mol. The third kappa shape index (κ3) is 3.48. The topological polar surface area (TPSA) is 100 Å². The monoisotopic (exact) mass is 488 g/mol. The van der Waals surface area contributed by atoms with Gasteiger partial charge < -0.3 is 20.4 Å². The molecule has 0 aliphatic heterocycles. The number of hydrogen-bond acceptors (Lipinski definition) is 6. The molecule has 6 nitrogen and oxygen atoms in total. The van der Waals surface area contributed by atoms with Crippen LogP contribution in [0.2, 0.25) is 10.0 Å². The van der Waals surface area contributed by atoms with Gasteiger partial charge in [-0.25, -0.2) is 17.3 Å². The number of ether oxygens (including phenoxy) is 1. The minimum atomic E-state index is -1.78. The molecule has 0 amide bonds. The smallest absolute Gasteiger partial charge is 0.176 e. The molecule has 2 aromatic rings. The van der Waals surface area contributed by atoms with Crippen LogP contribution in [0.4, 0.5) is 14.5 Å². The van der Waals surface area contributed by atoms with Gasteiger partial charge in [0.05, 0.1) is 21.7 Å². The zero-order chi connectivity index (χ0) is 18.0. The summed E-state index contributed by atoms with van der Waals surface area (Å²) in [5, 5.41) is 10.3. The molecule has 2 rings (SSSR count). The van der Waals surface area contributed by atoms with Gasteiger partial charge in [-0.3, -0.25) is 0 Å². The van der Waals surface area contributed by atoms with Crippen LogP contribution in [0.5, 0.6) is 5.75 Å². The second-order valence-electron chi connectivity index (χ2n) is 4.30. The van der Waals surface area contributed by atoms with E-state index in [1.165, 1.54) is 6.07 Å². The number of benzene rings is 1. The van der Waals surface area contributed by atoms with Crippen molar-refractivity contribution in [3.8, 4) is 17.0 Å². The average molecular weight is 489 g/mol. The number of halogens is 5. The number of carbonyl (C=O) groups is 1. The minimum Gasteiger partial charge on any atom is -0.543 e. The number of nitrogens with two attached hydrogens (primary N) is 1. The molecule has 11 heteroatoms. The standard InChI is InChI=1S/C13H8Cl2F2IN3O3/c14-5-2-1-4(7(16)12(5)24-3-20-18)10-8(17)9(19)6(15)11(21-10)13(22)23/h1-2,20H,3H2,(H2,19,21)(H,22,23)/p-1. The molecule has 0 bridgehead atoms. The van der Waals surface area contributed by atoms with Crippen LogP contribution in [0.3, 0.4) is 0 Å². The van der Waals surface area contributed by atoms with Gasteiger partial charge in [-0.15, -0.1) is 0 Å². The van der Waals surface area contributed by atoms with Gasteiger partial charge in [-0.05, 0) is 12.1 Å². The Hall–Kier alpha value is -1.43. The van der Waals surface area contributed by atoms with E-state index in [4.69, 9.17) is 33.7 Å². The van der Waals surface area contributed by atoms with Gasteiger partial charge in [0.1, 0.15) is 18.1 Å². The number of aromatic nitrogens is 1. The van der Waals surface area contributed by atoms with Crippen LogP contribution in [-0.2, 0) is 0 Å². The Morgan fingerprint density at radius 3 is 2.62 bits per heavy atom. The van der Waals surface area contributed by atoms with E-state index in [1.54, 1.807) is 22.9 Å². The van der Waals surface area contributed by atoms with Crippen molar-refractivity contribution in [3.05, 3.63) is 39.5 Å². The number of carboxylic acids is 1. The molecule has 1 aromatic carbocycles. The van der Waals surface area contributed by atoms with Gasteiger partial charge in [-0.2, -0.15) is 0 Å². The number of nitrogens with zero attached hydrogens (tertiary/aromatic N) is 1. The van der Waals surface area contributed by atoms with Crippen LogP contribution >= 0.6 is 46.1 Å². The Morgan fingerprint density at radius 1 is 1.38 bits per heavy atom. The number of nitrogen functional groups attached to an aromatic ring is 1. The molecule has 3 N–H and O–H groups in total. The number of rotatable bonds is 5. The van der Waals surface area contributed by atoms with Crippen molar-refractivity contribution >= 4 is 57.7 Å². The lowest BCUT2D eigenvalue weighted by molar-refractivity contribution is -0.255. The quantitative estimate of drug-likeness (QED) is 0.381. The van der Waals surface area contributed by atoms with Gasteiger partial charge in [0, 0.05) is 28.4 Å². The van der Waals surface area contributed by atoms with Gasteiger partial charge in [-0.1, -0.05) is 23.2 Å². The second-order valence-corrected chi connectivity index (χ2v) is 5.85. The van der Waals surface area contributed by atoms with Crippen molar-refractivity contribution < 1.29 is 23.4 Å². The number of pyridine rings is 1. The Morgan fingerprint density at radius 2 is 2.04 bits per heavy atom. The van der Waals surface area contributed by atoms with Crippen molar-refractivity contribution in [2.45, 2.75) is 0 Å². The molecule has 0 fully saturated rings. The zero-order valence-corrected chi connectivity index (χ0v) is 15.2. The summed E-state index contributed by atoms with van der Waals surface area (Å²) in [4.78, 5) is 14.5. The number of aromatic carboxylic acids is 1. The molecule has 0 saturated heterocycles. The molecule has 0 radical (unpaired) electrons. The van der Waals surface area contributed by atoms with Crippen molar-refractivity contribution in [3.63, 3.8) is 0 Å². The number of nitrogens with one attached hydrogen (secondary N) is 1. The van der Waals surface area contributed by atoms with E-state index in [1.807, 2.05) is 0 Å². The molecule has 0 unspecified atom stereocenters. The first-order valence-corrected chi connectivity index (χ1v) is 7.93. The summed E-state index contributed by atoms with van der Waals surface area (Å²) < 4.78 is 36.6. The first kappa shape index (κ1) is 18.9. The van der Waals surface area contributed by atoms with E-state index >= 15 is 0 Å². The lowest BCUT2D eigenvalue weighted by Gasteiger charge is -2.14. The van der Waals surface area contributed by atoms with Crippen molar-refractivity contribution in [2.24, 2.45) is 0 Å². The van der Waals surface area contributed by atoms with Crippen LogP contribution in [0.1, 0.15) is 10.5 Å². The molecule has 0 atom stereocenters. The molecule has 0 aliphatic rings. The molecule has 0 aliphatic carbocycles. The normalized spacial score (nSPS) is 10.7. The number of anilines is 1. The second kappa shape index (κ2) is 7.64. The fraction of sp³-hybridized carbons (Fsp3) is 0.0769. The molecule has 0 saturated carbocycles. The SMILES string of the molecule is Nc1c(F)c(-c2ccc(Cl)c(OCNI)c2F)nc(C(=O)[O-])c1Cl. The van der Waals surface area contributed by atoms with Crippen molar-refractivity contribution in [1.82, 2.24) is 8.51 Å². The van der Waals surface area contributed by atoms with E-state index < -0.39 is 45.3 Å². The van der Waals surface area contributed by atoms with Crippen molar-refractivity contribution in [2.75, 3.05) is 12.5 Å². The highest BCUT2D eigenvalue weighted by molar-refractivity contribution is 14.1. The van der Waals surface area contributed by atoms with E-state index in [-0.39, 0.29) is 17.5 Å². The maximum absolute atomic E-state index is 14.6.